The van der Waals surface area contributed by atoms with Crippen LogP contribution in [0.2, 0.25) is 0 Å². The van der Waals surface area contributed by atoms with Gasteiger partial charge in [0.2, 0.25) is 0 Å². The van der Waals surface area contributed by atoms with Crippen molar-refractivity contribution < 1.29 is 0 Å². The molecule has 1 aliphatic rings. The van der Waals surface area contributed by atoms with E-state index in [1.807, 2.05) is 18.3 Å². The third-order valence-corrected chi connectivity index (χ3v) is 3.54. The fourth-order valence-electron chi connectivity index (χ4n) is 2.03. The maximum absolute atomic E-state index is 4.28. The maximum Gasteiger partial charge on any atom is 0.140 e. The molecule has 3 nitrogen and oxygen atoms in total. The Morgan fingerprint density at radius 2 is 2.19 bits per heavy atom. The quantitative estimate of drug-likeness (QED) is 0.843. The number of likely N-dealkylation sites (tertiary alicyclic amines) is 1. The molecule has 1 fully saturated rings. The molecule has 0 spiro atoms. The first-order valence-corrected chi connectivity index (χ1v) is 6.72. The number of anilines is 1. The summed E-state index contributed by atoms with van der Waals surface area (Å²) in [6, 6.07) is 3.94. The van der Waals surface area contributed by atoms with Crippen molar-refractivity contribution in [2.24, 2.45) is 0 Å². The number of pyridine rings is 1. The predicted octanol–water partition coefficient (Wildman–Crippen LogP) is 2.74. The highest BCUT2D eigenvalue weighted by Crippen LogP contribution is 2.18. The molecule has 1 aromatic heterocycles. The van der Waals surface area contributed by atoms with E-state index in [2.05, 4.69) is 31.1 Å². The highest BCUT2D eigenvalue weighted by Gasteiger charge is 2.10. The summed E-state index contributed by atoms with van der Waals surface area (Å²) < 4.78 is 1.04. The lowest BCUT2D eigenvalue weighted by molar-refractivity contribution is 0.337. The van der Waals surface area contributed by atoms with Crippen molar-refractivity contribution in [3.05, 3.63) is 22.8 Å². The van der Waals surface area contributed by atoms with Gasteiger partial charge in [0, 0.05) is 12.7 Å². The Bertz CT molecular complexity index is 324. The molecule has 1 N–H and O–H groups in total. The molecule has 0 amide bonds. The zero-order chi connectivity index (χ0) is 11.2. The lowest BCUT2D eigenvalue weighted by atomic mass is 10.4. The molecule has 0 unspecified atom stereocenters. The molecular weight excluding hydrogens is 266 g/mol. The van der Waals surface area contributed by atoms with Crippen molar-refractivity contribution in [3.63, 3.8) is 0 Å². The molecule has 0 aliphatic carbocycles. The van der Waals surface area contributed by atoms with Crippen LogP contribution in [0.15, 0.2) is 22.8 Å². The molecule has 0 radical (unpaired) electrons. The average Bonchev–Trinajstić information content (AvgIpc) is 2.79. The Balaban J connectivity index is 1.66. The van der Waals surface area contributed by atoms with Crippen molar-refractivity contribution in [3.8, 4) is 0 Å². The van der Waals surface area contributed by atoms with Gasteiger partial charge in [0.25, 0.3) is 0 Å². The van der Waals surface area contributed by atoms with E-state index in [1.54, 1.807) is 0 Å². The molecule has 2 rings (SSSR count). The monoisotopic (exact) mass is 283 g/mol. The van der Waals surface area contributed by atoms with E-state index in [0.29, 0.717) is 0 Å². The standard InChI is InChI=1S/C12H18BrN3/c13-11-5-3-6-14-12(11)15-7-4-10-16-8-1-2-9-16/h3,5-6H,1-2,4,7-10H2,(H,14,15). The molecule has 1 aliphatic heterocycles. The lowest BCUT2D eigenvalue weighted by Crippen LogP contribution is -2.22. The predicted molar refractivity (Wildman–Crippen MR) is 70.7 cm³/mol. The Kier molecular flexibility index (Phi) is 4.60. The van der Waals surface area contributed by atoms with E-state index in [4.69, 9.17) is 0 Å². The molecule has 0 aromatic carbocycles. The van der Waals surface area contributed by atoms with Gasteiger partial charge in [-0.3, -0.25) is 0 Å². The number of hydrogen-bond acceptors (Lipinski definition) is 3. The van der Waals surface area contributed by atoms with Gasteiger partial charge in [-0.05, 0) is 67.0 Å². The summed E-state index contributed by atoms with van der Waals surface area (Å²) in [7, 11) is 0. The zero-order valence-electron chi connectivity index (χ0n) is 9.45. The second-order valence-corrected chi connectivity index (χ2v) is 5.02. The summed E-state index contributed by atoms with van der Waals surface area (Å²) in [6.07, 6.45) is 5.75. The molecular formula is C12H18BrN3. The fourth-order valence-corrected chi connectivity index (χ4v) is 2.43. The SMILES string of the molecule is Brc1cccnc1NCCCN1CCCC1. The summed E-state index contributed by atoms with van der Waals surface area (Å²) in [5, 5.41) is 3.35. The van der Waals surface area contributed by atoms with Gasteiger partial charge >= 0.3 is 0 Å². The smallest absolute Gasteiger partial charge is 0.140 e. The first kappa shape index (κ1) is 11.9. The van der Waals surface area contributed by atoms with E-state index in [-0.39, 0.29) is 0 Å². The van der Waals surface area contributed by atoms with Crippen LogP contribution < -0.4 is 5.32 Å². The number of rotatable bonds is 5. The van der Waals surface area contributed by atoms with Gasteiger partial charge in [0.1, 0.15) is 5.82 Å². The number of nitrogens with one attached hydrogen (secondary N) is 1. The minimum absolute atomic E-state index is 0.948. The van der Waals surface area contributed by atoms with Crippen molar-refractivity contribution in [2.45, 2.75) is 19.3 Å². The number of aromatic nitrogens is 1. The first-order valence-electron chi connectivity index (χ1n) is 5.93. The molecule has 16 heavy (non-hydrogen) atoms. The van der Waals surface area contributed by atoms with Crippen LogP contribution in [0.3, 0.4) is 0 Å². The maximum atomic E-state index is 4.28. The van der Waals surface area contributed by atoms with Crippen LogP contribution in [0.5, 0.6) is 0 Å². The van der Waals surface area contributed by atoms with Crippen molar-refractivity contribution in [1.82, 2.24) is 9.88 Å². The largest absolute Gasteiger partial charge is 0.369 e. The van der Waals surface area contributed by atoms with E-state index in [1.165, 1.54) is 38.9 Å². The highest BCUT2D eigenvalue weighted by molar-refractivity contribution is 9.10. The van der Waals surface area contributed by atoms with Crippen LogP contribution in [0.1, 0.15) is 19.3 Å². The van der Waals surface area contributed by atoms with E-state index >= 15 is 0 Å². The third kappa shape index (κ3) is 3.46. The van der Waals surface area contributed by atoms with Gasteiger partial charge in [-0.15, -0.1) is 0 Å². The molecule has 1 aromatic rings. The van der Waals surface area contributed by atoms with Crippen LogP contribution in [0, 0.1) is 0 Å². The Morgan fingerprint density at radius 3 is 2.94 bits per heavy atom. The second-order valence-electron chi connectivity index (χ2n) is 4.16. The minimum Gasteiger partial charge on any atom is -0.369 e. The zero-order valence-corrected chi connectivity index (χ0v) is 11.0. The summed E-state index contributed by atoms with van der Waals surface area (Å²) in [4.78, 5) is 6.81. The lowest BCUT2D eigenvalue weighted by Gasteiger charge is -2.14. The van der Waals surface area contributed by atoms with E-state index in [0.717, 1.165) is 16.8 Å². The normalized spacial score (nSPS) is 16.6. The third-order valence-electron chi connectivity index (χ3n) is 2.90. The van der Waals surface area contributed by atoms with Crippen LogP contribution >= 0.6 is 15.9 Å². The summed E-state index contributed by atoms with van der Waals surface area (Å²) in [5.74, 6) is 0.948. The number of halogens is 1. The van der Waals surface area contributed by atoms with Crippen molar-refractivity contribution in [1.29, 1.82) is 0 Å². The Morgan fingerprint density at radius 1 is 1.38 bits per heavy atom. The second kappa shape index (κ2) is 6.21. The van der Waals surface area contributed by atoms with Crippen LogP contribution in [-0.2, 0) is 0 Å². The molecule has 4 heteroatoms. The number of hydrogen-bond donors (Lipinski definition) is 1. The van der Waals surface area contributed by atoms with Gasteiger partial charge in [0.15, 0.2) is 0 Å². The van der Waals surface area contributed by atoms with Gasteiger partial charge in [-0.2, -0.15) is 0 Å². The van der Waals surface area contributed by atoms with Gasteiger partial charge < -0.3 is 10.2 Å². The van der Waals surface area contributed by atoms with Crippen LogP contribution in [0.25, 0.3) is 0 Å². The van der Waals surface area contributed by atoms with Gasteiger partial charge in [-0.1, -0.05) is 0 Å². The first-order chi connectivity index (χ1) is 7.86. The molecule has 0 saturated carbocycles. The van der Waals surface area contributed by atoms with Crippen LogP contribution in [0.4, 0.5) is 5.82 Å². The molecule has 88 valence electrons. The molecule has 2 heterocycles. The Hall–Kier alpha value is -0.610. The van der Waals surface area contributed by atoms with E-state index < -0.39 is 0 Å². The van der Waals surface area contributed by atoms with Crippen LogP contribution in [-0.4, -0.2) is 36.1 Å². The van der Waals surface area contributed by atoms with Crippen molar-refractivity contribution >= 4 is 21.7 Å². The molecule has 1 saturated heterocycles. The van der Waals surface area contributed by atoms with Gasteiger partial charge in [-0.25, -0.2) is 4.98 Å². The minimum atomic E-state index is 0.948. The van der Waals surface area contributed by atoms with E-state index in [9.17, 15) is 0 Å². The average molecular weight is 284 g/mol. The summed E-state index contributed by atoms with van der Waals surface area (Å²) >= 11 is 3.48. The Labute approximate surface area is 105 Å². The van der Waals surface area contributed by atoms with Gasteiger partial charge in [0.05, 0.1) is 4.47 Å². The number of nitrogens with zero attached hydrogens (tertiary/aromatic N) is 2. The highest BCUT2D eigenvalue weighted by atomic mass is 79.9. The molecule has 0 bridgehead atoms. The topological polar surface area (TPSA) is 28.2 Å². The summed E-state index contributed by atoms with van der Waals surface area (Å²) in [6.45, 7) is 4.77. The van der Waals surface area contributed by atoms with Crippen molar-refractivity contribution in [2.75, 3.05) is 31.5 Å². The molecule has 0 atom stereocenters. The fraction of sp³-hybridized carbons (Fsp3) is 0.583. The summed E-state index contributed by atoms with van der Waals surface area (Å²) in [5.41, 5.74) is 0.